The van der Waals surface area contributed by atoms with Crippen molar-refractivity contribution in [1.82, 2.24) is 14.8 Å². The molecule has 0 amide bonds. The minimum atomic E-state index is -0.0742. The summed E-state index contributed by atoms with van der Waals surface area (Å²) in [5, 5.41) is 4.58. The number of rotatable bonds is 6. The van der Waals surface area contributed by atoms with Crippen molar-refractivity contribution >= 4 is 22.7 Å². The van der Waals surface area contributed by atoms with Crippen molar-refractivity contribution in [3.8, 4) is 28.3 Å². The van der Waals surface area contributed by atoms with Gasteiger partial charge in [-0.3, -0.25) is 9.67 Å². The molecule has 7 heteroatoms. The summed E-state index contributed by atoms with van der Waals surface area (Å²) < 4.78 is 8.16. The van der Waals surface area contributed by atoms with Crippen LogP contribution in [0.25, 0.3) is 16.8 Å². The van der Waals surface area contributed by atoms with Gasteiger partial charge in [-0.1, -0.05) is 84.0 Å². The van der Waals surface area contributed by atoms with E-state index in [2.05, 4.69) is 111 Å². The summed E-state index contributed by atoms with van der Waals surface area (Å²) in [4.78, 5) is 8.96. The molecule has 7 rings (SSSR count). The van der Waals surface area contributed by atoms with Gasteiger partial charge in [0, 0.05) is 61.9 Å². The molecule has 0 saturated heterocycles. The smallest absolute Gasteiger partial charge is 0.0571 e. The van der Waals surface area contributed by atoms with Crippen molar-refractivity contribution < 1.29 is 25.8 Å². The maximum atomic E-state index is 6.34. The van der Waals surface area contributed by atoms with Gasteiger partial charge in [0.05, 0.1) is 18.1 Å². The van der Waals surface area contributed by atoms with Crippen molar-refractivity contribution in [1.29, 1.82) is 0 Å². The van der Waals surface area contributed by atoms with E-state index >= 15 is 0 Å². The second-order valence-corrected chi connectivity index (χ2v) is 14.4. The van der Waals surface area contributed by atoms with E-state index in [0.717, 1.165) is 33.9 Å². The number of ether oxygens (including phenoxy) is 1. The Hall–Kier alpha value is -4.67. The van der Waals surface area contributed by atoms with Crippen molar-refractivity contribution in [3.63, 3.8) is 0 Å². The number of pyridine rings is 1. The Morgan fingerprint density at radius 2 is 1.39 bits per heavy atom. The van der Waals surface area contributed by atoms with Gasteiger partial charge < -0.3 is 14.5 Å². The predicted molar refractivity (Wildman–Crippen MR) is 195 cm³/mol. The van der Waals surface area contributed by atoms with Crippen LogP contribution in [0.5, 0.6) is 11.5 Å². The second-order valence-electron chi connectivity index (χ2n) is 14.4. The summed E-state index contributed by atoms with van der Waals surface area (Å²) >= 11 is 0. The molecule has 252 valence electrons. The van der Waals surface area contributed by atoms with Gasteiger partial charge in [-0.15, -0.1) is 48.8 Å². The Balaban J connectivity index is 0.00000417. The van der Waals surface area contributed by atoms with E-state index in [-0.39, 0.29) is 31.9 Å². The monoisotopic (exact) mass is 825 g/mol. The third kappa shape index (κ3) is 6.93. The van der Waals surface area contributed by atoms with Gasteiger partial charge in [-0.05, 0) is 51.8 Å². The van der Waals surface area contributed by atoms with Gasteiger partial charge in [0.15, 0.2) is 0 Å². The standard InChI is InChI=1S/C42H40N5O.Pt/c1-29-21-32(41(2,3)4)22-37(42(5,6)7)40(29)46-28-45(38-19-20-43-26-39(38)46)33-15-11-17-35(23-33)48-36-18-12-16-34(24-36)47-27-31(25-44-47)30-13-9-8-10-14-30;/h8-22,25-28H,1-7H3;/q-3;. The molecule has 0 atom stereocenters. The van der Waals surface area contributed by atoms with Gasteiger partial charge in [0.2, 0.25) is 0 Å². The zero-order chi connectivity index (χ0) is 33.6. The van der Waals surface area contributed by atoms with Gasteiger partial charge in [-0.25, -0.2) is 0 Å². The molecule has 0 unspecified atom stereocenters. The van der Waals surface area contributed by atoms with Gasteiger partial charge in [0.25, 0.3) is 0 Å². The molecule has 0 aliphatic carbocycles. The van der Waals surface area contributed by atoms with Crippen LogP contribution >= 0.6 is 0 Å². The van der Waals surface area contributed by atoms with E-state index < -0.39 is 0 Å². The minimum absolute atomic E-state index is 0. The number of aryl methyl sites for hydroxylation is 1. The van der Waals surface area contributed by atoms with Crippen LogP contribution in [0.1, 0.15) is 58.2 Å². The molecular formula is C42H40N5OPt-3. The van der Waals surface area contributed by atoms with Crippen LogP contribution in [-0.2, 0) is 31.9 Å². The normalized spacial score (nSPS) is 12.9. The van der Waals surface area contributed by atoms with Gasteiger partial charge in [-0.2, -0.15) is 17.2 Å². The fourth-order valence-electron chi connectivity index (χ4n) is 6.10. The molecule has 1 aliphatic rings. The zero-order valence-electron chi connectivity index (χ0n) is 28.9. The molecular weight excluding hydrogens is 786 g/mol. The summed E-state index contributed by atoms with van der Waals surface area (Å²) in [7, 11) is 0. The van der Waals surface area contributed by atoms with E-state index in [1.807, 2.05) is 90.1 Å². The summed E-state index contributed by atoms with van der Waals surface area (Å²) in [5.74, 6) is 1.17. The molecule has 4 aromatic carbocycles. The predicted octanol–water partition coefficient (Wildman–Crippen LogP) is 10.6. The van der Waals surface area contributed by atoms with E-state index in [4.69, 9.17) is 4.74 Å². The number of benzene rings is 4. The fourth-order valence-corrected chi connectivity index (χ4v) is 6.10. The Morgan fingerprint density at radius 1 is 0.694 bits per heavy atom. The Kier molecular flexibility index (Phi) is 9.30. The van der Waals surface area contributed by atoms with Crippen LogP contribution < -0.4 is 14.5 Å². The number of hydrogen-bond donors (Lipinski definition) is 0. The summed E-state index contributed by atoms with van der Waals surface area (Å²) in [6.45, 7) is 18.0. The van der Waals surface area contributed by atoms with Gasteiger partial charge in [0.1, 0.15) is 0 Å². The number of anilines is 4. The van der Waals surface area contributed by atoms with Crippen molar-refractivity contribution in [2.24, 2.45) is 0 Å². The zero-order valence-corrected chi connectivity index (χ0v) is 31.2. The molecule has 0 fully saturated rings. The SMILES string of the molecule is Cc1cc(C(C)(C)C)cc(C(C)(C)C)c1N1[CH-]N(c2[c-]c(Oc3[c-]c(-n4cc(-c5ccccc5)cn4)ccc3)ccc2)c2ccncc21.[Pt]. The van der Waals surface area contributed by atoms with Crippen LogP contribution in [0.4, 0.5) is 22.7 Å². The molecule has 0 spiro atoms. The minimum Gasteiger partial charge on any atom is -0.509 e. The number of nitrogens with zero attached hydrogens (tertiary/aromatic N) is 5. The number of fused-ring (bicyclic) bond motifs is 1. The number of aromatic nitrogens is 3. The third-order valence-corrected chi connectivity index (χ3v) is 8.67. The Morgan fingerprint density at radius 3 is 2.08 bits per heavy atom. The first-order chi connectivity index (χ1) is 23.0. The molecule has 0 radical (unpaired) electrons. The van der Waals surface area contributed by atoms with Crippen molar-refractivity contribution in [2.75, 3.05) is 9.80 Å². The Labute approximate surface area is 304 Å². The van der Waals surface area contributed by atoms with E-state index in [1.165, 1.54) is 22.4 Å². The quantitative estimate of drug-likeness (QED) is 0.157. The first-order valence-electron chi connectivity index (χ1n) is 16.3. The molecule has 0 saturated carbocycles. The average molecular weight is 826 g/mol. The first-order valence-corrected chi connectivity index (χ1v) is 16.3. The molecule has 49 heavy (non-hydrogen) atoms. The molecule has 1 aliphatic heterocycles. The number of hydrogen-bond acceptors (Lipinski definition) is 5. The summed E-state index contributed by atoms with van der Waals surface area (Å²) in [6, 6.07) is 35.6. The van der Waals surface area contributed by atoms with Crippen LogP contribution in [0.3, 0.4) is 0 Å². The molecule has 2 aromatic heterocycles. The van der Waals surface area contributed by atoms with Gasteiger partial charge >= 0.3 is 0 Å². The maximum Gasteiger partial charge on any atom is 0.0571 e. The van der Waals surface area contributed by atoms with Crippen LogP contribution in [0.2, 0.25) is 0 Å². The van der Waals surface area contributed by atoms with Crippen molar-refractivity contribution in [2.45, 2.75) is 59.3 Å². The summed E-state index contributed by atoms with van der Waals surface area (Å²) in [5.41, 5.74) is 10.9. The van der Waals surface area contributed by atoms with E-state index in [0.29, 0.717) is 11.5 Å². The molecule has 0 N–H and O–H groups in total. The van der Waals surface area contributed by atoms with Crippen LogP contribution in [0, 0.1) is 25.7 Å². The van der Waals surface area contributed by atoms with Crippen molar-refractivity contribution in [3.05, 3.63) is 145 Å². The first kappa shape index (κ1) is 34.2. The largest absolute Gasteiger partial charge is 0.509 e. The third-order valence-electron chi connectivity index (χ3n) is 8.67. The molecule has 0 bridgehead atoms. The average Bonchev–Trinajstić information content (AvgIpc) is 3.71. The second kappa shape index (κ2) is 13.3. The topological polar surface area (TPSA) is 46.4 Å². The fraction of sp³-hybridized carbons (Fsp3) is 0.214. The van der Waals surface area contributed by atoms with E-state index in [1.54, 1.807) is 0 Å². The van der Waals surface area contributed by atoms with Crippen LogP contribution in [0.15, 0.2) is 110 Å². The van der Waals surface area contributed by atoms with Crippen LogP contribution in [-0.4, -0.2) is 14.8 Å². The molecule has 6 nitrogen and oxygen atoms in total. The Bertz CT molecular complexity index is 2090. The maximum absolute atomic E-state index is 6.34. The molecule has 6 aromatic rings. The summed E-state index contributed by atoms with van der Waals surface area (Å²) in [6.07, 6.45) is 7.64. The van der Waals surface area contributed by atoms with E-state index in [9.17, 15) is 0 Å². The molecule has 3 heterocycles.